The fourth-order valence-corrected chi connectivity index (χ4v) is 2.36. The summed E-state index contributed by atoms with van der Waals surface area (Å²) in [7, 11) is 1.88. The first-order valence-electron chi connectivity index (χ1n) is 7.78. The Morgan fingerprint density at radius 2 is 2.35 bits per heavy atom. The molecule has 0 aromatic carbocycles. The molecule has 0 fully saturated rings. The predicted molar refractivity (Wildman–Crippen MR) is 85.8 cm³/mol. The van der Waals surface area contributed by atoms with Gasteiger partial charge in [-0.05, 0) is 37.5 Å². The summed E-state index contributed by atoms with van der Waals surface area (Å²) in [5, 5.41) is 19.7. The van der Waals surface area contributed by atoms with Crippen molar-refractivity contribution in [1.82, 2.24) is 20.4 Å². The van der Waals surface area contributed by atoms with Crippen LogP contribution in [0.25, 0.3) is 0 Å². The van der Waals surface area contributed by atoms with Crippen LogP contribution in [-0.2, 0) is 13.5 Å². The zero-order valence-electron chi connectivity index (χ0n) is 13.5. The topological polar surface area (TPSA) is 92.3 Å². The Bertz CT molecular complexity index is 594. The van der Waals surface area contributed by atoms with Gasteiger partial charge in [0.25, 0.3) is 0 Å². The van der Waals surface area contributed by atoms with E-state index in [0.717, 1.165) is 18.4 Å². The number of hydrogen-bond donors (Lipinski definition) is 3. The third-order valence-corrected chi connectivity index (χ3v) is 3.51. The normalized spacial score (nSPS) is 13.5. The molecular formula is C16H24N4O3. The third kappa shape index (κ3) is 5.78. The predicted octanol–water partition coefficient (Wildman–Crippen LogP) is 1.76. The third-order valence-electron chi connectivity index (χ3n) is 3.51. The first kappa shape index (κ1) is 17.1. The van der Waals surface area contributed by atoms with Crippen LogP contribution in [0.5, 0.6) is 0 Å². The number of urea groups is 1. The average Bonchev–Trinajstić information content (AvgIpc) is 3.15. The van der Waals surface area contributed by atoms with Gasteiger partial charge in [-0.3, -0.25) is 4.68 Å². The van der Waals surface area contributed by atoms with Crippen molar-refractivity contribution in [1.29, 1.82) is 0 Å². The molecule has 0 radical (unpaired) electrons. The van der Waals surface area contributed by atoms with E-state index in [4.69, 9.17) is 4.42 Å². The molecule has 2 heterocycles. The van der Waals surface area contributed by atoms with Crippen molar-refractivity contribution < 1.29 is 14.3 Å². The minimum Gasteiger partial charge on any atom is -0.467 e. The number of rotatable bonds is 8. The highest BCUT2D eigenvalue weighted by molar-refractivity contribution is 5.74. The fraction of sp³-hybridized carbons (Fsp3) is 0.500. The molecule has 0 bridgehead atoms. The standard InChI is InChI=1S/C16H24N4O3/c1-12(9-14(21)15-6-4-8-23-15)19-16(22)17-7-3-5-13-10-18-20(2)11-13/h4,6,8,10-12,14,21H,3,5,7,9H2,1-2H3,(H2,17,19,22). The number of nitrogens with zero attached hydrogens (tertiary/aromatic N) is 2. The lowest BCUT2D eigenvalue weighted by Crippen LogP contribution is -2.41. The molecule has 2 rings (SSSR count). The summed E-state index contributed by atoms with van der Waals surface area (Å²) in [6, 6.07) is 3.06. The maximum absolute atomic E-state index is 11.8. The van der Waals surface area contributed by atoms with Crippen molar-refractivity contribution in [3.63, 3.8) is 0 Å². The van der Waals surface area contributed by atoms with E-state index in [1.54, 1.807) is 16.8 Å². The molecule has 126 valence electrons. The van der Waals surface area contributed by atoms with Crippen LogP contribution in [0.2, 0.25) is 0 Å². The van der Waals surface area contributed by atoms with E-state index in [9.17, 15) is 9.90 Å². The molecule has 23 heavy (non-hydrogen) atoms. The van der Waals surface area contributed by atoms with Crippen LogP contribution in [0.4, 0.5) is 4.79 Å². The van der Waals surface area contributed by atoms with E-state index in [1.807, 2.05) is 26.4 Å². The van der Waals surface area contributed by atoms with Gasteiger partial charge < -0.3 is 20.2 Å². The highest BCUT2D eigenvalue weighted by Crippen LogP contribution is 2.18. The highest BCUT2D eigenvalue weighted by Gasteiger charge is 2.16. The van der Waals surface area contributed by atoms with Crippen LogP contribution in [0.15, 0.2) is 35.2 Å². The van der Waals surface area contributed by atoms with Gasteiger partial charge in [0.1, 0.15) is 11.9 Å². The molecule has 0 saturated heterocycles. The molecule has 2 aromatic rings. The van der Waals surface area contributed by atoms with Crippen molar-refractivity contribution in [2.24, 2.45) is 7.05 Å². The zero-order valence-corrected chi connectivity index (χ0v) is 13.5. The second-order valence-corrected chi connectivity index (χ2v) is 5.69. The molecule has 0 saturated carbocycles. The van der Waals surface area contributed by atoms with E-state index in [1.165, 1.54) is 6.26 Å². The SMILES string of the molecule is CC(CC(O)c1ccco1)NC(=O)NCCCc1cnn(C)c1. The zero-order chi connectivity index (χ0) is 16.7. The van der Waals surface area contributed by atoms with Crippen molar-refractivity contribution in [3.05, 3.63) is 42.1 Å². The summed E-state index contributed by atoms with van der Waals surface area (Å²) in [5.41, 5.74) is 1.16. The molecule has 2 unspecified atom stereocenters. The highest BCUT2D eigenvalue weighted by atomic mass is 16.4. The quantitative estimate of drug-likeness (QED) is 0.646. The van der Waals surface area contributed by atoms with Gasteiger partial charge >= 0.3 is 6.03 Å². The van der Waals surface area contributed by atoms with E-state index >= 15 is 0 Å². The second-order valence-electron chi connectivity index (χ2n) is 5.69. The van der Waals surface area contributed by atoms with Crippen LogP contribution in [0.1, 0.15) is 37.2 Å². The van der Waals surface area contributed by atoms with Crippen molar-refractivity contribution in [3.8, 4) is 0 Å². The van der Waals surface area contributed by atoms with Gasteiger partial charge in [0.05, 0.1) is 12.5 Å². The summed E-state index contributed by atoms with van der Waals surface area (Å²) in [6.07, 6.45) is 6.73. The minimum atomic E-state index is -0.717. The Balaban J connectivity index is 1.60. The second kappa shape index (κ2) is 8.38. The Labute approximate surface area is 135 Å². The Hall–Kier alpha value is -2.28. The summed E-state index contributed by atoms with van der Waals surface area (Å²) in [6.45, 7) is 2.44. The number of aliphatic hydroxyl groups excluding tert-OH is 1. The first-order valence-corrected chi connectivity index (χ1v) is 7.78. The van der Waals surface area contributed by atoms with Crippen LogP contribution in [-0.4, -0.2) is 33.5 Å². The van der Waals surface area contributed by atoms with Gasteiger partial charge in [-0.25, -0.2) is 4.79 Å². The van der Waals surface area contributed by atoms with Crippen molar-refractivity contribution in [2.45, 2.75) is 38.3 Å². The summed E-state index contributed by atoms with van der Waals surface area (Å²) in [5.74, 6) is 0.510. The van der Waals surface area contributed by atoms with Crippen LogP contribution in [0, 0.1) is 0 Å². The number of nitrogens with one attached hydrogen (secondary N) is 2. The van der Waals surface area contributed by atoms with Gasteiger partial charge in [0.15, 0.2) is 0 Å². The number of amides is 2. The lowest BCUT2D eigenvalue weighted by atomic mass is 10.1. The molecule has 2 aromatic heterocycles. The van der Waals surface area contributed by atoms with Gasteiger partial charge in [0, 0.05) is 32.3 Å². The smallest absolute Gasteiger partial charge is 0.314 e. The molecule has 0 aliphatic heterocycles. The van der Waals surface area contributed by atoms with Gasteiger partial charge in [0.2, 0.25) is 0 Å². The summed E-state index contributed by atoms with van der Waals surface area (Å²) >= 11 is 0. The first-order chi connectivity index (χ1) is 11.0. The Kier molecular flexibility index (Phi) is 6.22. The lowest BCUT2D eigenvalue weighted by molar-refractivity contribution is 0.129. The maximum atomic E-state index is 11.8. The number of carbonyl (C=O) groups is 1. The number of aromatic nitrogens is 2. The summed E-state index contributed by atoms with van der Waals surface area (Å²) in [4.78, 5) is 11.8. The van der Waals surface area contributed by atoms with Crippen LogP contribution < -0.4 is 10.6 Å². The molecule has 7 nitrogen and oxygen atoms in total. The molecule has 0 spiro atoms. The largest absolute Gasteiger partial charge is 0.467 e. The van der Waals surface area contributed by atoms with Crippen molar-refractivity contribution in [2.75, 3.05) is 6.54 Å². The monoisotopic (exact) mass is 320 g/mol. The molecular weight excluding hydrogens is 296 g/mol. The molecule has 7 heteroatoms. The van der Waals surface area contributed by atoms with Crippen LogP contribution >= 0.6 is 0 Å². The lowest BCUT2D eigenvalue weighted by Gasteiger charge is -2.17. The average molecular weight is 320 g/mol. The number of furan rings is 1. The van der Waals surface area contributed by atoms with Gasteiger partial charge in [-0.1, -0.05) is 0 Å². The molecule has 2 atom stereocenters. The number of aliphatic hydroxyl groups is 1. The number of hydrogen-bond acceptors (Lipinski definition) is 4. The Morgan fingerprint density at radius 3 is 3.00 bits per heavy atom. The van der Waals surface area contributed by atoms with Crippen LogP contribution in [0.3, 0.4) is 0 Å². The molecule has 0 aliphatic rings. The van der Waals surface area contributed by atoms with Gasteiger partial charge in [-0.15, -0.1) is 0 Å². The molecule has 2 amide bonds. The molecule has 0 aliphatic carbocycles. The van der Waals surface area contributed by atoms with E-state index in [-0.39, 0.29) is 12.1 Å². The van der Waals surface area contributed by atoms with E-state index < -0.39 is 6.10 Å². The minimum absolute atomic E-state index is 0.159. The Morgan fingerprint density at radius 1 is 1.52 bits per heavy atom. The van der Waals surface area contributed by atoms with Crippen molar-refractivity contribution >= 4 is 6.03 Å². The van der Waals surface area contributed by atoms with E-state index in [2.05, 4.69) is 15.7 Å². The molecule has 3 N–H and O–H groups in total. The number of aryl methyl sites for hydroxylation is 2. The number of carbonyl (C=O) groups excluding carboxylic acids is 1. The maximum Gasteiger partial charge on any atom is 0.314 e. The fourth-order valence-electron chi connectivity index (χ4n) is 2.36. The van der Waals surface area contributed by atoms with E-state index in [0.29, 0.717) is 18.7 Å². The summed E-state index contributed by atoms with van der Waals surface area (Å²) < 4.78 is 6.90. The van der Waals surface area contributed by atoms with Gasteiger partial charge in [-0.2, -0.15) is 5.10 Å².